The lowest BCUT2D eigenvalue weighted by atomic mass is 10.1. The number of rotatable bonds is 6. The molecule has 1 N–H and O–H groups in total. The molecule has 0 radical (unpaired) electrons. The molecule has 0 unspecified atom stereocenters. The molecule has 0 fully saturated rings. The van der Waals surface area contributed by atoms with Crippen LogP contribution in [0.25, 0.3) is 0 Å². The summed E-state index contributed by atoms with van der Waals surface area (Å²) in [6.07, 6.45) is 4.38. The van der Waals surface area contributed by atoms with Crippen LogP contribution in [0, 0.1) is 16.0 Å². The van der Waals surface area contributed by atoms with Crippen LogP contribution in [0.4, 0.5) is 17.3 Å². The highest BCUT2D eigenvalue weighted by atomic mass is 16.6. The molecule has 7 nitrogen and oxygen atoms in total. The highest BCUT2D eigenvalue weighted by molar-refractivity contribution is 5.62. The minimum Gasteiger partial charge on any atom is -0.318 e. The predicted molar refractivity (Wildman–Crippen MR) is 75.9 cm³/mol. The normalized spacial score (nSPS) is 10.8. The van der Waals surface area contributed by atoms with E-state index in [0.29, 0.717) is 11.7 Å². The summed E-state index contributed by atoms with van der Waals surface area (Å²) in [6, 6.07) is 4.72. The lowest BCUT2D eigenvalue weighted by molar-refractivity contribution is -0.384. The molecule has 2 aromatic rings. The van der Waals surface area contributed by atoms with E-state index in [0.717, 1.165) is 13.0 Å². The maximum Gasteiger partial charge on any atom is 0.311 e. The van der Waals surface area contributed by atoms with Crippen molar-refractivity contribution in [3.05, 3.63) is 40.7 Å². The van der Waals surface area contributed by atoms with Gasteiger partial charge in [-0.25, -0.2) is 4.98 Å². The van der Waals surface area contributed by atoms with Crippen molar-refractivity contribution in [1.82, 2.24) is 14.8 Å². The first-order chi connectivity index (χ1) is 9.56. The van der Waals surface area contributed by atoms with Crippen LogP contribution in [0.2, 0.25) is 0 Å². The zero-order valence-corrected chi connectivity index (χ0v) is 11.5. The van der Waals surface area contributed by atoms with Crippen LogP contribution in [0.3, 0.4) is 0 Å². The van der Waals surface area contributed by atoms with Crippen LogP contribution in [-0.4, -0.2) is 19.7 Å². The molecule has 7 heteroatoms. The lowest BCUT2D eigenvalue weighted by Crippen LogP contribution is -2.04. The molecular formula is C13H17N5O2. The number of hydrogen-bond donors (Lipinski definition) is 1. The van der Waals surface area contributed by atoms with E-state index in [2.05, 4.69) is 29.2 Å². The van der Waals surface area contributed by atoms with Gasteiger partial charge < -0.3 is 5.32 Å². The molecule has 2 rings (SSSR count). The summed E-state index contributed by atoms with van der Waals surface area (Å²) in [4.78, 5) is 14.4. The Kier molecular flexibility index (Phi) is 4.29. The zero-order valence-electron chi connectivity index (χ0n) is 11.5. The van der Waals surface area contributed by atoms with Crippen molar-refractivity contribution >= 4 is 17.3 Å². The van der Waals surface area contributed by atoms with Crippen molar-refractivity contribution < 1.29 is 4.92 Å². The van der Waals surface area contributed by atoms with Crippen molar-refractivity contribution in [2.24, 2.45) is 5.92 Å². The molecule has 0 saturated carbocycles. The van der Waals surface area contributed by atoms with Gasteiger partial charge in [-0.3, -0.25) is 14.8 Å². The second kappa shape index (κ2) is 6.14. The smallest absolute Gasteiger partial charge is 0.311 e. The van der Waals surface area contributed by atoms with Gasteiger partial charge in [-0.05, 0) is 18.4 Å². The summed E-state index contributed by atoms with van der Waals surface area (Å²) < 4.78 is 1.82. The monoisotopic (exact) mass is 275 g/mol. The lowest BCUT2D eigenvalue weighted by Gasteiger charge is -2.05. The predicted octanol–water partition coefficient (Wildman–Crippen LogP) is 2.98. The molecule has 0 aliphatic heterocycles. The van der Waals surface area contributed by atoms with E-state index in [1.807, 2.05) is 10.9 Å². The molecule has 0 spiro atoms. The van der Waals surface area contributed by atoms with Gasteiger partial charge in [0.15, 0.2) is 5.82 Å². The topological polar surface area (TPSA) is 85.9 Å². The number of nitro groups is 1. The number of pyridine rings is 1. The first-order valence-electron chi connectivity index (χ1n) is 6.46. The van der Waals surface area contributed by atoms with Crippen LogP contribution in [0.1, 0.15) is 20.3 Å². The summed E-state index contributed by atoms with van der Waals surface area (Å²) in [6.45, 7) is 5.13. The standard InChI is InChI=1S/C13H17N5O2/c1-10(2)5-8-17-9-6-12(16-17)15-13-11(18(19)20)4-3-7-14-13/h3-4,6-7,9-10H,5,8H2,1-2H3,(H,14,15,16). The van der Waals surface area contributed by atoms with Gasteiger partial charge in [0, 0.05) is 31.1 Å². The summed E-state index contributed by atoms with van der Waals surface area (Å²) in [7, 11) is 0. The Morgan fingerprint density at radius 1 is 1.45 bits per heavy atom. The number of nitrogens with zero attached hydrogens (tertiary/aromatic N) is 4. The van der Waals surface area contributed by atoms with Gasteiger partial charge in [-0.1, -0.05) is 13.8 Å². The molecule has 106 valence electrons. The van der Waals surface area contributed by atoms with E-state index >= 15 is 0 Å². The molecule has 20 heavy (non-hydrogen) atoms. The van der Waals surface area contributed by atoms with E-state index in [1.165, 1.54) is 18.3 Å². The number of hydrogen-bond acceptors (Lipinski definition) is 5. The van der Waals surface area contributed by atoms with Crippen molar-refractivity contribution in [3.8, 4) is 0 Å². The van der Waals surface area contributed by atoms with Gasteiger partial charge in [0.1, 0.15) is 0 Å². The highest BCUT2D eigenvalue weighted by Crippen LogP contribution is 2.23. The molecule has 0 bridgehead atoms. The van der Waals surface area contributed by atoms with Crippen molar-refractivity contribution in [2.45, 2.75) is 26.8 Å². The fourth-order valence-electron chi connectivity index (χ4n) is 1.71. The third kappa shape index (κ3) is 3.53. The van der Waals surface area contributed by atoms with Gasteiger partial charge in [0.05, 0.1) is 4.92 Å². The Bertz CT molecular complexity index is 594. The summed E-state index contributed by atoms with van der Waals surface area (Å²) in [5.74, 6) is 1.36. The van der Waals surface area contributed by atoms with E-state index in [1.54, 1.807) is 6.07 Å². The molecule has 0 amide bonds. The van der Waals surface area contributed by atoms with E-state index in [-0.39, 0.29) is 11.5 Å². The quantitative estimate of drug-likeness (QED) is 0.647. The van der Waals surface area contributed by atoms with Crippen LogP contribution in [0.15, 0.2) is 30.6 Å². The fourth-order valence-corrected chi connectivity index (χ4v) is 1.71. The second-order valence-corrected chi connectivity index (χ2v) is 4.90. The van der Waals surface area contributed by atoms with Gasteiger partial charge in [0.2, 0.25) is 5.82 Å². The Morgan fingerprint density at radius 3 is 2.95 bits per heavy atom. The zero-order chi connectivity index (χ0) is 14.5. The Balaban J connectivity index is 2.09. The van der Waals surface area contributed by atoms with Gasteiger partial charge in [-0.2, -0.15) is 5.10 Å². The average Bonchev–Trinajstić information content (AvgIpc) is 2.84. The van der Waals surface area contributed by atoms with Crippen LogP contribution in [-0.2, 0) is 6.54 Å². The van der Waals surface area contributed by atoms with Gasteiger partial charge in [0.25, 0.3) is 0 Å². The maximum absolute atomic E-state index is 10.9. The first kappa shape index (κ1) is 14.0. The maximum atomic E-state index is 10.9. The summed E-state index contributed by atoms with van der Waals surface area (Å²) in [5, 5.41) is 18.1. The minimum atomic E-state index is -0.467. The average molecular weight is 275 g/mol. The van der Waals surface area contributed by atoms with Crippen molar-refractivity contribution in [3.63, 3.8) is 0 Å². The summed E-state index contributed by atoms with van der Waals surface area (Å²) >= 11 is 0. The molecular weight excluding hydrogens is 258 g/mol. The molecule has 2 heterocycles. The van der Waals surface area contributed by atoms with Gasteiger partial charge >= 0.3 is 5.69 Å². The van der Waals surface area contributed by atoms with E-state index in [4.69, 9.17) is 0 Å². The number of aromatic nitrogens is 3. The largest absolute Gasteiger partial charge is 0.318 e. The fraction of sp³-hybridized carbons (Fsp3) is 0.385. The number of anilines is 2. The Morgan fingerprint density at radius 2 is 2.25 bits per heavy atom. The Labute approximate surface area is 116 Å². The molecule has 0 saturated heterocycles. The third-order valence-corrected chi connectivity index (χ3v) is 2.81. The molecule has 0 aromatic carbocycles. The van der Waals surface area contributed by atoms with Crippen LogP contribution >= 0.6 is 0 Å². The van der Waals surface area contributed by atoms with Crippen molar-refractivity contribution in [2.75, 3.05) is 5.32 Å². The van der Waals surface area contributed by atoms with Crippen molar-refractivity contribution in [1.29, 1.82) is 0 Å². The summed E-state index contributed by atoms with van der Waals surface area (Å²) in [5.41, 5.74) is -0.0655. The highest BCUT2D eigenvalue weighted by Gasteiger charge is 2.14. The number of aryl methyl sites for hydroxylation is 1. The second-order valence-electron chi connectivity index (χ2n) is 4.90. The van der Waals surface area contributed by atoms with E-state index < -0.39 is 4.92 Å². The molecule has 2 aromatic heterocycles. The molecule has 0 aliphatic carbocycles. The minimum absolute atomic E-state index is 0.0655. The van der Waals surface area contributed by atoms with Crippen LogP contribution in [0.5, 0.6) is 0 Å². The number of nitrogens with one attached hydrogen (secondary N) is 1. The van der Waals surface area contributed by atoms with E-state index in [9.17, 15) is 10.1 Å². The van der Waals surface area contributed by atoms with Crippen LogP contribution < -0.4 is 5.32 Å². The SMILES string of the molecule is CC(C)CCn1ccc(Nc2ncccc2[N+](=O)[O-])n1. The third-order valence-electron chi connectivity index (χ3n) is 2.81. The Hall–Kier alpha value is -2.44. The first-order valence-corrected chi connectivity index (χ1v) is 6.46. The molecule has 0 aliphatic rings. The molecule has 0 atom stereocenters. The van der Waals surface area contributed by atoms with Gasteiger partial charge in [-0.15, -0.1) is 0 Å².